The van der Waals surface area contributed by atoms with Crippen molar-refractivity contribution in [3.05, 3.63) is 68.2 Å². The molecule has 1 N–H and O–H groups in total. The highest BCUT2D eigenvalue weighted by Crippen LogP contribution is 2.34. The first-order chi connectivity index (χ1) is 11.6. The lowest BCUT2D eigenvalue weighted by molar-refractivity contribution is -0.384. The van der Waals surface area contributed by atoms with Gasteiger partial charge in [0.25, 0.3) is 5.69 Å². The third kappa shape index (κ3) is 4.09. The van der Waals surface area contributed by atoms with E-state index in [2.05, 4.69) is 15.2 Å². The van der Waals surface area contributed by atoms with Crippen LogP contribution in [0.4, 0.5) is 5.69 Å². The number of H-pyrrole nitrogens is 1. The second kappa shape index (κ2) is 7.41. The number of thiophene rings is 1. The Morgan fingerprint density at radius 3 is 2.96 bits per heavy atom. The van der Waals surface area contributed by atoms with E-state index in [0.29, 0.717) is 11.0 Å². The molecule has 0 aliphatic rings. The summed E-state index contributed by atoms with van der Waals surface area (Å²) in [5, 5.41) is 20.6. The van der Waals surface area contributed by atoms with Gasteiger partial charge < -0.3 is 0 Å². The Balaban J connectivity index is 1.68. The van der Waals surface area contributed by atoms with Gasteiger partial charge in [-0.2, -0.15) is 0 Å². The fourth-order valence-corrected chi connectivity index (χ4v) is 3.52. The van der Waals surface area contributed by atoms with Crippen LogP contribution < -0.4 is 0 Å². The van der Waals surface area contributed by atoms with Crippen LogP contribution in [-0.4, -0.2) is 20.1 Å². The highest BCUT2D eigenvalue weighted by molar-refractivity contribution is 7.99. The van der Waals surface area contributed by atoms with Gasteiger partial charge in [0, 0.05) is 22.3 Å². The fourth-order valence-electron chi connectivity index (χ4n) is 2.05. The highest BCUT2D eigenvalue weighted by atomic mass is 32.2. The zero-order chi connectivity index (χ0) is 16.9. The van der Waals surface area contributed by atoms with Gasteiger partial charge in [0.05, 0.1) is 4.92 Å². The van der Waals surface area contributed by atoms with Crippen molar-refractivity contribution in [3.8, 4) is 0 Å². The average Bonchev–Trinajstić information content (AvgIpc) is 3.24. The summed E-state index contributed by atoms with van der Waals surface area (Å²) >= 11 is 3.11. The quantitative estimate of drug-likeness (QED) is 0.389. The van der Waals surface area contributed by atoms with Crippen LogP contribution in [0.2, 0.25) is 0 Å². The van der Waals surface area contributed by atoms with E-state index in [0.717, 1.165) is 10.4 Å². The number of nitrogens with one attached hydrogen (secondary N) is 1. The lowest BCUT2D eigenvalue weighted by atomic mass is 10.1. The average molecular weight is 358 g/mol. The number of benzene rings is 1. The fraction of sp³-hybridized carbons (Fsp3) is 0.125. The number of nitro benzene ring substituents is 1. The van der Waals surface area contributed by atoms with Gasteiger partial charge >= 0.3 is 0 Å². The SMILES string of the molecule is CC(Sc1n[nH]c(/C=C/c2cccs2)n1)c1cccc([N+](=O)[O-])c1. The molecule has 0 saturated carbocycles. The van der Waals surface area contributed by atoms with Crippen LogP contribution in [0, 0.1) is 10.1 Å². The molecule has 1 unspecified atom stereocenters. The normalized spacial score (nSPS) is 12.5. The number of rotatable bonds is 6. The number of nitro groups is 1. The molecule has 3 aromatic rings. The van der Waals surface area contributed by atoms with Crippen LogP contribution in [0.1, 0.15) is 28.4 Å². The number of hydrogen-bond acceptors (Lipinski definition) is 6. The largest absolute Gasteiger partial charge is 0.269 e. The molecule has 0 aliphatic carbocycles. The summed E-state index contributed by atoms with van der Waals surface area (Å²) in [7, 11) is 0. The van der Waals surface area contributed by atoms with E-state index in [-0.39, 0.29) is 15.9 Å². The number of thioether (sulfide) groups is 1. The molecule has 0 fully saturated rings. The predicted octanol–water partition coefficient (Wildman–Crippen LogP) is 4.80. The monoisotopic (exact) mass is 358 g/mol. The maximum Gasteiger partial charge on any atom is 0.269 e. The van der Waals surface area contributed by atoms with Crippen molar-refractivity contribution in [2.45, 2.75) is 17.3 Å². The number of aromatic nitrogens is 3. The minimum absolute atomic E-state index is 0.00910. The summed E-state index contributed by atoms with van der Waals surface area (Å²) in [6.07, 6.45) is 3.85. The molecule has 0 radical (unpaired) electrons. The predicted molar refractivity (Wildman–Crippen MR) is 97.0 cm³/mol. The maximum atomic E-state index is 10.9. The lowest BCUT2D eigenvalue weighted by Crippen LogP contribution is -1.93. The van der Waals surface area contributed by atoms with Gasteiger partial charge in [-0.1, -0.05) is 30.0 Å². The van der Waals surface area contributed by atoms with Crippen molar-refractivity contribution in [1.82, 2.24) is 15.2 Å². The molecule has 6 nitrogen and oxygen atoms in total. The molecule has 3 rings (SSSR count). The van der Waals surface area contributed by atoms with Crippen molar-refractivity contribution in [2.24, 2.45) is 0 Å². The van der Waals surface area contributed by atoms with Crippen LogP contribution >= 0.6 is 23.1 Å². The smallest absolute Gasteiger partial charge is 0.259 e. The first kappa shape index (κ1) is 16.4. The van der Waals surface area contributed by atoms with Gasteiger partial charge in [0.1, 0.15) is 5.82 Å². The van der Waals surface area contributed by atoms with Crippen LogP contribution in [-0.2, 0) is 0 Å². The molecule has 0 aliphatic heterocycles. The molecule has 0 spiro atoms. The lowest BCUT2D eigenvalue weighted by Gasteiger charge is -2.08. The van der Waals surface area contributed by atoms with Gasteiger partial charge in [0.2, 0.25) is 5.16 Å². The molecule has 2 heterocycles. The van der Waals surface area contributed by atoms with Gasteiger partial charge in [-0.25, -0.2) is 4.98 Å². The molecule has 0 saturated heterocycles. The second-order valence-electron chi connectivity index (χ2n) is 4.96. The summed E-state index contributed by atoms with van der Waals surface area (Å²) in [5.74, 6) is 0.678. The van der Waals surface area contributed by atoms with E-state index in [1.165, 1.54) is 17.8 Å². The van der Waals surface area contributed by atoms with E-state index in [9.17, 15) is 10.1 Å². The van der Waals surface area contributed by atoms with E-state index >= 15 is 0 Å². The van der Waals surface area contributed by atoms with Crippen molar-refractivity contribution in [1.29, 1.82) is 0 Å². The van der Waals surface area contributed by atoms with Crippen molar-refractivity contribution in [2.75, 3.05) is 0 Å². The highest BCUT2D eigenvalue weighted by Gasteiger charge is 2.14. The standard InChI is InChI=1S/C16H14N4O2S2/c1-11(12-4-2-5-13(10-12)20(21)22)24-16-17-15(18-19-16)8-7-14-6-3-9-23-14/h2-11H,1H3,(H,17,18,19)/b8-7+. The molecule has 8 heteroatoms. The molecular weight excluding hydrogens is 344 g/mol. The molecule has 1 atom stereocenters. The summed E-state index contributed by atoms with van der Waals surface area (Å²) in [6.45, 7) is 1.97. The van der Waals surface area contributed by atoms with Gasteiger partial charge in [-0.3, -0.25) is 15.2 Å². The van der Waals surface area contributed by atoms with Crippen LogP contribution in [0.15, 0.2) is 46.9 Å². The Bertz CT molecular complexity index is 859. The van der Waals surface area contributed by atoms with Crippen molar-refractivity contribution in [3.63, 3.8) is 0 Å². The van der Waals surface area contributed by atoms with Gasteiger partial charge in [-0.05, 0) is 36.1 Å². The molecule has 0 bridgehead atoms. The Morgan fingerprint density at radius 2 is 2.21 bits per heavy atom. The minimum Gasteiger partial charge on any atom is -0.259 e. The summed E-state index contributed by atoms with van der Waals surface area (Å²) in [5.41, 5.74) is 0.962. The van der Waals surface area contributed by atoms with E-state index in [1.54, 1.807) is 23.5 Å². The number of non-ortho nitro benzene ring substituents is 1. The Hall–Kier alpha value is -2.45. The van der Waals surface area contributed by atoms with Crippen LogP contribution in [0.25, 0.3) is 12.2 Å². The molecule has 122 valence electrons. The molecule has 0 amide bonds. The zero-order valence-corrected chi connectivity index (χ0v) is 14.4. The number of aromatic amines is 1. The van der Waals surface area contributed by atoms with Crippen molar-refractivity contribution < 1.29 is 4.92 Å². The molecule has 1 aromatic carbocycles. The first-order valence-corrected chi connectivity index (χ1v) is 8.93. The topological polar surface area (TPSA) is 84.7 Å². The van der Waals surface area contributed by atoms with Gasteiger partial charge in [-0.15, -0.1) is 16.4 Å². The summed E-state index contributed by atoms with van der Waals surface area (Å²) in [6, 6.07) is 10.7. The molecule has 24 heavy (non-hydrogen) atoms. The number of hydrogen-bond donors (Lipinski definition) is 1. The van der Waals surface area contributed by atoms with Crippen LogP contribution in [0.3, 0.4) is 0 Å². The second-order valence-corrected chi connectivity index (χ2v) is 7.25. The van der Waals surface area contributed by atoms with E-state index in [4.69, 9.17) is 0 Å². The van der Waals surface area contributed by atoms with Crippen LogP contribution in [0.5, 0.6) is 0 Å². The maximum absolute atomic E-state index is 10.9. The third-order valence-corrected chi connectivity index (χ3v) is 5.12. The Labute approximate surface area is 146 Å². The summed E-state index contributed by atoms with van der Waals surface area (Å²) in [4.78, 5) is 16.0. The third-order valence-electron chi connectivity index (χ3n) is 3.26. The Morgan fingerprint density at radius 1 is 1.33 bits per heavy atom. The molecule has 2 aromatic heterocycles. The van der Waals surface area contributed by atoms with Gasteiger partial charge in [0.15, 0.2) is 0 Å². The minimum atomic E-state index is -0.388. The van der Waals surface area contributed by atoms with Crippen molar-refractivity contribution >= 4 is 40.9 Å². The summed E-state index contributed by atoms with van der Waals surface area (Å²) < 4.78 is 0. The first-order valence-electron chi connectivity index (χ1n) is 7.17. The Kier molecular flexibility index (Phi) is 5.07. The van der Waals surface area contributed by atoms with E-state index < -0.39 is 0 Å². The number of nitrogens with zero attached hydrogens (tertiary/aromatic N) is 3. The van der Waals surface area contributed by atoms with E-state index in [1.807, 2.05) is 42.7 Å². The zero-order valence-electron chi connectivity index (χ0n) is 12.7. The molecular formula is C16H14N4O2S2.